The van der Waals surface area contributed by atoms with Crippen LogP contribution >= 0.6 is 0 Å². The number of imidazole rings is 1. The molecule has 5 nitrogen and oxygen atoms in total. The van der Waals surface area contributed by atoms with Crippen LogP contribution in [0, 0.1) is 0 Å². The summed E-state index contributed by atoms with van der Waals surface area (Å²) in [5, 5.41) is 0. The SMILES string of the molecule is COC(=O)CCn1cnc(N)c1. The molecular formula is C7H11N3O2. The van der Waals surface area contributed by atoms with Crippen LogP contribution in [-0.2, 0) is 16.1 Å². The molecule has 1 aromatic rings. The Morgan fingerprint density at radius 2 is 2.58 bits per heavy atom. The minimum absolute atomic E-state index is 0.234. The van der Waals surface area contributed by atoms with Crippen LogP contribution in [0.1, 0.15) is 6.42 Å². The summed E-state index contributed by atoms with van der Waals surface area (Å²) in [5.74, 6) is 0.224. The Kier molecular flexibility index (Phi) is 2.68. The third kappa shape index (κ3) is 2.26. The van der Waals surface area contributed by atoms with Gasteiger partial charge in [-0.2, -0.15) is 0 Å². The second-order valence-corrected chi connectivity index (χ2v) is 2.36. The van der Waals surface area contributed by atoms with Crippen molar-refractivity contribution in [3.63, 3.8) is 0 Å². The van der Waals surface area contributed by atoms with Gasteiger partial charge in [0.15, 0.2) is 0 Å². The highest BCUT2D eigenvalue weighted by Gasteiger charge is 2.00. The molecule has 1 rings (SSSR count). The van der Waals surface area contributed by atoms with Crippen LogP contribution in [0.4, 0.5) is 5.82 Å². The van der Waals surface area contributed by atoms with Crippen LogP contribution in [0.3, 0.4) is 0 Å². The van der Waals surface area contributed by atoms with Crippen molar-refractivity contribution in [2.75, 3.05) is 12.8 Å². The first-order chi connectivity index (χ1) is 5.72. The fourth-order valence-electron chi connectivity index (χ4n) is 0.822. The van der Waals surface area contributed by atoms with Gasteiger partial charge in [0.05, 0.1) is 19.9 Å². The predicted molar refractivity (Wildman–Crippen MR) is 43.3 cm³/mol. The lowest BCUT2D eigenvalue weighted by atomic mass is 10.4. The van der Waals surface area contributed by atoms with Crippen LogP contribution in [0.15, 0.2) is 12.5 Å². The van der Waals surface area contributed by atoms with Gasteiger partial charge < -0.3 is 15.0 Å². The number of ether oxygens (including phenoxy) is 1. The lowest BCUT2D eigenvalue weighted by molar-refractivity contribution is -0.140. The van der Waals surface area contributed by atoms with E-state index in [1.807, 2.05) is 0 Å². The number of aromatic nitrogens is 2. The molecule has 0 fully saturated rings. The summed E-state index contributed by atoms with van der Waals surface area (Å²) >= 11 is 0. The molecule has 2 N–H and O–H groups in total. The Bertz CT molecular complexity index is 269. The van der Waals surface area contributed by atoms with Crippen molar-refractivity contribution < 1.29 is 9.53 Å². The van der Waals surface area contributed by atoms with Crippen LogP contribution in [-0.4, -0.2) is 22.6 Å². The van der Waals surface area contributed by atoms with Crippen LogP contribution in [0.25, 0.3) is 0 Å². The van der Waals surface area contributed by atoms with Gasteiger partial charge in [-0.15, -0.1) is 0 Å². The van der Waals surface area contributed by atoms with Gasteiger partial charge >= 0.3 is 5.97 Å². The monoisotopic (exact) mass is 169 g/mol. The van der Waals surface area contributed by atoms with Gasteiger partial charge in [-0.25, -0.2) is 4.98 Å². The smallest absolute Gasteiger partial charge is 0.307 e. The third-order valence-electron chi connectivity index (χ3n) is 1.46. The quantitative estimate of drug-likeness (QED) is 0.648. The number of methoxy groups -OCH3 is 1. The Balaban J connectivity index is 2.38. The molecule has 0 amide bonds. The molecule has 0 saturated heterocycles. The topological polar surface area (TPSA) is 70.1 Å². The largest absolute Gasteiger partial charge is 0.469 e. The highest BCUT2D eigenvalue weighted by Crippen LogP contribution is 1.98. The Labute approximate surface area is 70.1 Å². The molecule has 0 aliphatic heterocycles. The number of carbonyl (C=O) groups is 1. The zero-order chi connectivity index (χ0) is 8.97. The van der Waals surface area contributed by atoms with Gasteiger partial charge in [-0.3, -0.25) is 4.79 Å². The van der Waals surface area contributed by atoms with E-state index >= 15 is 0 Å². The molecule has 0 bridgehead atoms. The van der Waals surface area contributed by atoms with Gasteiger partial charge in [0, 0.05) is 12.7 Å². The molecule has 0 aromatic carbocycles. The van der Waals surface area contributed by atoms with Crippen molar-refractivity contribution in [2.45, 2.75) is 13.0 Å². The number of nitrogen functional groups attached to an aromatic ring is 1. The van der Waals surface area contributed by atoms with Crippen molar-refractivity contribution in [1.82, 2.24) is 9.55 Å². The number of anilines is 1. The zero-order valence-electron chi connectivity index (χ0n) is 6.86. The van der Waals surface area contributed by atoms with Gasteiger partial charge in [0.1, 0.15) is 5.82 Å². The molecule has 0 saturated carbocycles. The summed E-state index contributed by atoms with van der Waals surface area (Å²) < 4.78 is 6.22. The second-order valence-electron chi connectivity index (χ2n) is 2.36. The fraction of sp³-hybridized carbons (Fsp3) is 0.429. The Morgan fingerprint density at radius 3 is 3.08 bits per heavy atom. The molecule has 1 aromatic heterocycles. The summed E-state index contributed by atoms with van der Waals surface area (Å²) in [6.45, 7) is 0.552. The molecule has 1 heterocycles. The van der Waals surface area contributed by atoms with Crippen LogP contribution < -0.4 is 5.73 Å². The first-order valence-corrected chi connectivity index (χ1v) is 3.56. The van der Waals surface area contributed by atoms with E-state index in [0.29, 0.717) is 18.8 Å². The van der Waals surface area contributed by atoms with Gasteiger partial charge in [0.25, 0.3) is 0 Å². The first kappa shape index (κ1) is 8.58. The van der Waals surface area contributed by atoms with E-state index in [1.54, 1.807) is 17.1 Å². The minimum atomic E-state index is -0.234. The fourth-order valence-corrected chi connectivity index (χ4v) is 0.822. The number of hydrogen-bond acceptors (Lipinski definition) is 4. The molecule has 66 valence electrons. The van der Waals surface area contributed by atoms with Crippen molar-refractivity contribution in [1.29, 1.82) is 0 Å². The van der Waals surface area contributed by atoms with Gasteiger partial charge in [-0.1, -0.05) is 0 Å². The predicted octanol–water partition coefficient (Wildman–Crippen LogP) is 0.0284. The van der Waals surface area contributed by atoms with Crippen molar-refractivity contribution in [3.8, 4) is 0 Å². The number of rotatable bonds is 3. The lowest BCUT2D eigenvalue weighted by Gasteiger charge is -1.99. The van der Waals surface area contributed by atoms with E-state index in [9.17, 15) is 4.79 Å². The van der Waals surface area contributed by atoms with E-state index in [1.165, 1.54) is 7.11 Å². The molecule has 0 spiro atoms. The van der Waals surface area contributed by atoms with Gasteiger partial charge in [-0.05, 0) is 0 Å². The maximum Gasteiger partial charge on any atom is 0.307 e. The number of hydrogen-bond donors (Lipinski definition) is 1. The number of nitrogens with two attached hydrogens (primary N) is 1. The normalized spacial score (nSPS) is 9.75. The van der Waals surface area contributed by atoms with E-state index < -0.39 is 0 Å². The summed E-state index contributed by atoms with van der Waals surface area (Å²) in [6, 6.07) is 0. The van der Waals surface area contributed by atoms with E-state index in [0.717, 1.165) is 0 Å². The van der Waals surface area contributed by atoms with E-state index in [4.69, 9.17) is 5.73 Å². The highest BCUT2D eigenvalue weighted by atomic mass is 16.5. The number of aryl methyl sites for hydroxylation is 1. The summed E-state index contributed by atoms with van der Waals surface area (Å²) in [5.41, 5.74) is 5.37. The number of carbonyl (C=O) groups excluding carboxylic acids is 1. The zero-order valence-corrected chi connectivity index (χ0v) is 6.86. The average Bonchev–Trinajstić information content (AvgIpc) is 2.47. The molecule has 12 heavy (non-hydrogen) atoms. The maximum absolute atomic E-state index is 10.7. The Hall–Kier alpha value is -1.52. The molecule has 5 heteroatoms. The standard InChI is InChI=1S/C7H11N3O2/c1-12-7(11)2-3-10-4-6(8)9-5-10/h4-5H,2-3,8H2,1H3. The van der Waals surface area contributed by atoms with Crippen molar-refractivity contribution in [3.05, 3.63) is 12.5 Å². The van der Waals surface area contributed by atoms with E-state index in [2.05, 4.69) is 9.72 Å². The Morgan fingerprint density at radius 1 is 1.83 bits per heavy atom. The summed E-state index contributed by atoms with van der Waals surface area (Å²) in [6.07, 6.45) is 3.59. The molecule has 0 radical (unpaired) electrons. The minimum Gasteiger partial charge on any atom is -0.469 e. The first-order valence-electron chi connectivity index (χ1n) is 3.56. The average molecular weight is 169 g/mol. The lowest BCUT2D eigenvalue weighted by Crippen LogP contribution is -2.05. The van der Waals surface area contributed by atoms with Crippen LogP contribution in [0.5, 0.6) is 0 Å². The highest BCUT2D eigenvalue weighted by molar-refractivity contribution is 5.68. The molecule has 0 aliphatic rings. The number of nitrogens with zero attached hydrogens (tertiary/aromatic N) is 2. The van der Waals surface area contributed by atoms with Crippen molar-refractivity contribution in [2.24, 2.45) is 0 Å². The summed E-state index contributed by atoms with van der Waals surface area (Å²) in [4.78, 5) is 14.5. The van der Waals surface area contributed by atoms with Crippen molar-refractivity contribution >= 4 is 11.8 Å². The third-order valence-corrected chi connectivity index (χ3v) is 1.46. The van der Waals surface area contributed by atoms with Crippen LogP contribution in [0.2, 0.25) is 0 Å². The number of esters is 1. The molecule has 0 aliphatic carbocycles. The van der Waals surface area contributed by atoms with Gasteiger partial charge in [0.2, 0.25) is 0 Å². The van der Waals surface area contributed by atoms with E-state index in [-0.39, 0.29) is 5.97 Å². The maximum atomic E-state index is 10.7. The molecular weight excluding hydrogens is 158 g/mol. The summed E-state index contributed by atoms with van der Waals surface area (Å²) in [7, 11) is 1.37. The second kappa shape index (κ2) is 3.75. The molecule has 0 atom stereocenters. The molecule has 0 unspecified atom stereocenters.